The normalized spacial score (nSPS) is 14.6. The summed E-state index contributed by atoms with van der Waals surface area (Å²) < 4.78 is 0. The molecular weight excluding hydrogens is 118 g/mol. The van der Waals surface area contributed by atoms with Crippen molar-refractivity contribution in [3.05, 3.63) is 0 Å². The smallest absolute Gasteiger partial charge is 0.0000569 e. The molecule has 0 aromatic heterocycles. The number of hydrogen-bond donors (Lipinski definition) is 1. The quantitative estimate of drug-likeness (QED) is 0.567. The maximum atomic E-state index is 4.25. The van der Waals surface area contributed by atoms with E-state index in [1.165, 1.54) is 6.42 Å². The van der Waals surface area contributed by atoms with Crippen LogP contribution in [-0.4, -0.2) is 30.8 Å². The maximum Gasteiger partial charge on any atom is 0.0000569 e. The summed E-state index contributed by atoms with van der Waals surface area (Å²) in [6, 6.07) is 0. The van der Waals surface area contributed by atoms with Gasteiger partial charge in [-0.15, -0.1) is 0 Å². The third kappa shape index (κ3) is 6.31. The minimum absolute atomic E-state index is 0.539. The Balaban J connectivity index is 2.93. The Morgan fingerprint density at radius 2 is 2.00 bits per heavy atom. The highest BCUT2D eigenvalue weighted by atomic mass is 32.1. The van der Waals surface area contributed by atoms with Gasteiger partial charge in [0.15, 0.2) is 0 Å². The van der Waals surface area contributed by atoms with Crippen molar-refractivity contribution in [2.75, 3.05) is 20.6 Å². The monoisotopic (exact) mass is 133 g/mol. The van der Waals surface area contributed by atoms with Crippen LogP contribution in [0, 0.1) is 0 Å². The number of thiol groups is 1. The zero-order valence-electron chi connectivity index (χ0n) is 5.89. The van der Waals surface area contributed by atoms with Crippen LogP contribution in [0.15, 0.2) is 0 Å². The molecule has 0 N–H and O–H groups in total. The molecule has 0 aromatic rings. The van der Waals surface area contributed by atoms with E-state index in [9.17, 15) is 0 Å². The molecule has 2 heteroatoms. The highest BCUT2D eigenvalue weighted by Crippen LogP contribution is 1.98. The molecule has 8 heavy (non-hydrogen) atoms. The van der Waals surface area contributed by atoms with Crippen molar-refractivity contribution >= 4 is 12.6 Å². The van der Waals surface area contributed by atoms with E-state index in [1.807, 2.05) is 0 Å². The van der Waals surface area contributed by atoms with Crippen molar-refractivity contribution in [1.29, 1.82) is 0 Å². The van der Waals surface area contributed by atoms with E-state index < -0.39 is 0 Å². The Bertz CT molecular complexity index is 44.5. The third-order valence-electron chi connectivity index (χ3n) is 0.994. The minimum atomic E-state index is 0.539. The minimum Gasteiger partial charge on any atom is -0.309 e. The lowest BCUT2D eigenvalue weighted by Gasteiger charge is -2.09. The average Bonchev–Trinajstić information content (AvgIpc) is 1.61. The van der Waals surface area contributed by atoms with Crippen LogP contribution in [0.4, 0.5) is 0 Å². The molecule has 0 aliphatic carbocycles. The van der Waals surface area contributed by atoms with E-state index in [4.69, 9.17) is 0 Å². The fourth-order valence-corrected chi connectivity index (χ4v) is 0.561. The van der Waals surface area contributed by atoms with E-state index in [2.05, 4.69) is 38.5 Å². The van der Waals surface area contributed by atoms with Gasteiger partial charge in [0, 0.05) is 5.25 Å². The van der Waals surface area contributed by atoms with Crippen molar-refractivity contribution in [2.24, 2.45) is 0 Å². The van der Waals surface area contributed by atoms with Gasteiger partial charge >= 0.3 is 0 Å². The molecule has 1 nitrogen and oxygen atoms in total. The van der Waals surface area contributed by atoms with E-state index in [0.29, 0.717) is 5.25 Å². The van der Waals surface area contributed by atoms with Crippen molar-refractivity contribution < 1.29 is 0 Å². The molecule has 0 saturated heterocycles. The zero-order chi connectivity index (χ0) is 6.57. The van der Waals surface area contributed by atoms with Crippen molar-refractivity contribution in [3.8, 4) is 0 Å². The lowest BCUT2D eigenvalue weighted by molar-refractivity contribution is 0.400. The van der Waals surface area contributed by atoms with Crippen molar-refractivity contribution in [3.63, 3.8) is 0 Å². The second-order valence-electron chi connectivity index (χ2n) is 2.44. The van der Waals surface area contributed by atoms with E-state index in [-0.39, 0.29) is 0 Å². The molecule has 50 valence electrons. The Kier molecular flexibility index (Phi) is 4.38. The van der Waals surface area contributed by atoms with Crippen LogP contribution >= 0.6 is 12.6 Å². The molecule has 0 rings (SSSR count). The summed E-state index contributed by atoms with van der Waals surface area (Å²) in [7, 11) is 4.16. The van der Waals surface area contributed by atoms with Crippen molar-refractivity contribution in [1.82, 2.24) is 4.90 Å². The number of nitrogens with zero attached hydrogens (tertiary/aromatic N) is 1. The fourth-order valence-electron chi connectivity index (χ4n) is 0.445. The lowest BCUT2D eigenvalue weighted by atomic mass is 10.3. The average molecular weight is 133 g/mol. The van der Waals surface area contributed by atoms with E-state index in [0.717, 1.165) is 6.54 Å². The number of hydrogen-bond acceptors (Lipinski definition) is 2. The maximum absolute atomic E-state index is 4.25. The van der Waals surface area contributed by atoms with Gasteiger partial charge in [-0.2, -0.15) is 12.6 Å². The van der Waals surface area contributed by atoms with Crippen LogP contribution in [0.2, 0.25) is 0 Å². The Labute approximate surface area is 57.5 Å². The molecule has 0 bridgehead atoms. The van der Waals surface area contributed by atoms with Crippen molar-refractivity contribution in [2.45, 2.75) is 18.6 Å². The predicted molar refractivity (Wildman–Crippen MR) is 41.6 cm³/mol. The van der Waals surface area contributed by atoms with Gasteiger partial charge in [0.1, 0.15) is 0 Å². The van der Waals surface area contributed by atoms with Gasteiger partial charge in [-0.25, -0.2) is 0 Å². The van der Waals surface area contributed by atoms with Gasteiger partial charge in [-0.3, -0.25) is 0 Å². The molecule has 0 heterocycles. The third-order valence-corrected chi connectivity index (χ3v) is 1.25. The van der Waals surface area contributed by atoms with Crippen LogP contribution in [0.5, 0.6) is 0 Å². The summed E-state index contributed by atoms with van der Waals surface area (Å²) in [4.78, 5) is 2.17. The summed E-state index contributed by atoms with van der Waals surface area (Å²) in [6.07, 6.45) is 1.18. The fraction of sp³-hybridized carbons (Fsp3) is 1.00. The van der Waals surface area contributed by atoms with E-state index >= 15 is 0 Å². The second-order valence-corrected chi connectivity index (χ2v) is 3.32. The molecule has 0 spiro atoms. The van der Waals surface area contributed by atoms with Gasteiger partial charge in [-0.1, -0.05) is 6.92 Å². The summed E-state index contributed by atoms with van der Waals surface area (Å²) in [5.74, 6) is 0. The first kappa shape index (κ1) is 8.31. The zero-order valence-corrected chi connectivity index (χ0v) is 6.78. The first-order valence-electron chi connectivity index (χ1n) is 2.95. The Morgan fingerprint density at radius 3 is 2.12 bits per heavy atom. The Hall–Kier alpha value is 0.310. The highest BCUT2D eigenvalue weighted by molar-refractivity contribution is 7.80. The summed E-state index contributed by atoms with van der Waals surface area (Å²) >= 11 is 4.25. The molecule has 0 aliphatic heterocycles. The van der Waals surface area contributed by atoms with Gasteiger partial charge < -0.3 is 4.90 Å². The standard InChI is InChI=1S/C6H15NS/c1-6(8)4-5-7(2)3/h6,8H,4-5H2,1-3H3. The molecular formula is C6H15NS. The first-order chi connectivity index (χ1) is 3.63. The second kappa shape index (κ2) is 4.21. The van der Waals surface area contributed by atoms with Crippen LogP contribution in [0.3, 0.4) is 0 Å². The van der Waals surface area contributed by atoms with Gasteiger partial charge in [0.05, 0.1) is 0 Å². The molecule has 0 aliphatic rings. The molecule has 0 radical (unpaired) electrons. The highest BCUT2D eigenvalue weighted by Gasteiger charge is 1.93. The van der Waals surface area contributed by atoms with Crippen LogP contribution in [0.25, 0.3) is 0 Å². The summed E-state index contributed by atoms with van der Waals surface area (Å²) in [5.41, 5.74) is 0. The lowest BCUT2D eigenvalue weighted by Crippen LogP contribution is -2.15. The van der Waals surface area contributed by atoms with Gasteiger partial charge in [-0.05, 0) is 27.1 Å². The molecule has 0 saturated carbocycles. The summed E-state index contributed by atoms with van der Waals surface area (Å²) in [6.45, 7) is 3.26. The SMILES string of the molecule is CC(S)CCN(C)C. The molecule has 1 unspecified atom stereocenters. The molecule has 0 aromatic carbocycles. The summed E-state index contributed by atoms with van der Waals surface area (Å²) in [5, 5.41) is 0.539. The molecule has 0 fully saturated rings. The van der Waals surface area contributed by atoms with Crippen LogP contribution in [-0.2, 0) is 0 Å². The van der Waals surface area contributed by atoms with Crippen LogP contribution in [0.1, 0.15) is 13.3 Å². The van der Waals surface area contributed by atoms with Crippen LogP contribution < -0.4 is 0 Å². The van der Waals surface area contributed by atoms with E-state index in [1.54, 1.807) is 0 Å². The Morgan fingerprint density at radius 1 is 1.50 bits per heavy atom. The topological polar surface area (TPSA) is 3.24 Å². The van der Waals surface area contributed by atoms with Gasteiger partial charge in [0.25, 0.3) is 0 Å². The predicted octanol–water partition coefficient (Wildman–Crippen LogP) is 1.26. The first-order valence-corrected chi connectivity index (χ1v) is 3.47. The molecule has 1 atom stereocenters. The largest absolute Gasteiger partial charge is 0.309 e. The number of rotatable bonds is 3. The molecule has 0 amide bonds. The van der Waals surface area contributed by atoms with Gasteiger partial charge in [0.2, 0.25) is 0 Å².